The molecule has 0 saturated heterocycles. The van der Waals surface area contributed by atoms with Crippen LogP contribution in [0.5, 0.6) is 0 Å². The van der Waals surface area contributed by atoms with Crippen LogP contribution >= 0.6 is 0 Å². The van der Waals surface area contributed by atoms with Crippen molar-refractivity contribution in [1.82, 2.24) is 0 Å². The molecule has 0 aromatic heterocycles. The standard InChI is InChI=1S/C8H12O/c1-3-4-5-6-7-8(2)9/h4-7H,3H2,1-2H3/b5-4-,7-6+/i7+1,8+1. The van der Waals surface area contributed by atoms with Crippen LogP contribution in [0.2, 0.25) is 0 Å². The van der Waals surface area contributed by atoms with E-state index in [1.165, 1.54) is 6.92 Å². The maximum atomic E-state index is 10.3. The SMILES string of the molecule is CC/C=C\C=[13CH]\[13C](C)=O. The molecule has 0 aromatic carbocycles. The predicted molar refractivity (Wildman–Crippen MR) is 39.3 cm³/mol. The van der Waals surface area contributed by atoms with Crippen LogP contribution in [-0.2, 0) is 4.79 Å². The summed E-state index contributed by atoms with van der Waals surface area (Å²) in [5.74, 6) is 0.0933. The normalized spacial score (nSPS) is 11.3. The lowest BCUT2D eigenvalue weighted by Crippen LogP contribution is -1.77. The number of carbonyl (C=O) groups is 1. The highest BCUT2D eigenvalue weighted by Gasteiger charge is 1.75. The van der Waals surface area contributed by atoms with Gasteiger partial charge in [-0.25, -0.2) is 0 Å². The molecule has 0 radical (unpaired) electrons. The molecule has 0 N–H and O–H groups in total. The minimum Gasteiger partial charge on any atom is -0.295 e. The van der Waals surface area contributed by atoms with Crippen LogP contribution in [0.3, 0.4) is 0 Å². The van der Waals surface area contributed by atoms with Gasteiger partial charge in [0.2, 0.25) is 0 Å². The summed E-state index contributed by atoms with van der Waals surface area (Å²) in [5.41, 5.74) is 0. The van der Waals surface area contributed by atoms with Gasteiger partial charge in [-0.3, -0.25) is 4.79 Å². The van der Waals surface area contributed by atoms with E-state index in [9.17, 15) is 4.79 Å². The Balaban J connectivity index is 3.47. The molecule has 0 aromatic rings. The Morgan fingerprint density at radius 3 is 2.56 bits per heavy atom. The second kappa shape index (κ2) is 5.29. The second-order valence-corrected chi connectivity index (χ2v) is 1.81. The monoisotopic (exact) mass is 126 g/mol. The van der Waals surface area contributed by atoms with Crippen molar-refractivity contribution in [2.75, 3.05) is 0 Å². The van der Waals surface area contributed by atoms with Crippen LogP contribution in [-0.4, -0.2) is 5.78 Å². The molecule has 0 fully saturated rings. The molecule has 50 valence electrons. The van der Waals surface area contributed by atoms with Crippen molar-refractivity contribution in [2.45, 2.75) is 20.3 Å². The van der Waals surface area contributed by atoms with E-state index in [1.807, 2.05) is 12.2 Å². The zero-order chi connectivity index (χ0) is 7.11. The molecule has 1 heteroatoms. The van der Waals surface area contributed by atoms with Crippen molar-refractivity contribution < 1.29 is 4.79 Å². The van der Waals surface area contributed by atoms with Gasteiger partial charge in [0.25, 0.3) is 0 Å². The van der Waals surface area contributed by atoms with Crippen LogP contribution in [0.1, 0.15) is 20.3 Å². The van der Waals surface area contributed by atoms with Crippen molar-refractivity contribution in [2.24, 2.45) is 0 Å². The van der Waals surface area contributed by atoms with E-state index in [-0.39, 0.29) is 5.78 Å². The highest BCUT2D eigenvalue weighted by Crippen LogP contribution is 1.81. The van der Waals surface area contributed by atoms with Gasteiger partial charge in [0.1, 0.15) is 0 Å². The van der Waals surface area contributed by atoms with Gasteiger partial charge in [-0.2, -0.15) is 0 Å². The summed E-state index contributed by atoms with van der Waals surface area (Å²) in [7, 11) is 0. The molecule has 0 saturated carbocycles. The number of allylic oxidation sites excluding steroid dienone is 4. The molecule has 0 aliphatic carbocycles. The lowest BCUT2D eigenvalue weighted by atomic mass is 10.4. The first-order valence-corrected chi connectivity index (χ1v) is 3.11. The maximum absolute atomic E-state index is 10.3. The Kier molecular flexibility index (Phi) is 4.79. The summed E-state index contributed by atoms with van der Waals surface area (Å²) in [6.45, 7) is 3.59. The Bertz CT molecular complexity index is 132. The molecule has 0 amide bonds. The third-order valence-corrected chi connectivity index (χ3v) is 0.814. The number of hydrogen-bond acceptors (Lipinski definition) is 1. The first-order valence-electron chi connectivity index (χ1n) is 3.11. The lowest BCUT2D eigenvalue weighted by molar-refractivity contribution is -0.112. The highest BCUT2D eigenvalue weighted by molar-refractivity contribution is 5.87. The Labute approximate surface area is 56.1 Å². The molecule has 0 heterocycles. The topological polar surface area (TPSA) is 17.1 Å². The fourth-order valence-corrected chi connectivity index (χ4v) is 0.406. The molecule has 0 rings (SSSR count). The van der Waals surface area contributed by atoms with Crippen LogP contribution in [0.15, 0.2) is 24.3 Å². The minimum atomic E-state index is 0.0933. The smallest absolute Gasteiger partial charge is 0.152 e. The van der Waals surface area contributed by atoms with Crippen molar-refractivity contribution >= 4 is 5.78 Å². The van der Waals surface area contributed by atoms with Gasteiger partial charge in [-0.05, 0) is 19.4 Å². The summed E-state index contributed by atoms with van der Waals surface area (Å²) in [6.07, 6.45) is 8.20. The molecular weight excluding hydrogens is 114 g/mol. The Morgan fingerprint density at radius 1 is 1.44 bits per heavy atom. The van der Waals surface area contributed by atoms with E-state index in [0.29, 0.717) is 0 Å². The zero-order valence-electron chi connectivity index (χ0n) is 5.92. The third-order valence-electron chi connectivity index (χ3n) is 0.814. The number of rotatable bonds is 3. The van der Waals surface area contributed by atoms with Crippen LogP contribution in [0, 0.1) is 0 Å². The molecule has 0 aliphatic rings. The van der Waals surface area contributed by atoms with Gasteiger partial charge in [-0.1, -0.05) is 25.2 Å². The molecule has 0 bridgehead atoms. The van der Waals surface area contributed by atoms with Crippen molar-refractivity contribution in [3.8, 4) is 0 Å². The second-order valence-electron chi connectivity index (χ2n) is 1.81. The van der Waals surface area contributed by atoms with E-state index in [4.69, 9.17) is 0 Å². The fraction of sp³-hybridized carbons (Fsp3) is 0.375. The molecule has 0 unspecified atom stereocenters. The van der Waals surface area contributed by atoms with E-state index < -0.39 is 0 Å². The first kappa shape index (κ1) is 8.15. The van der Waals surface area contributed by atoms with E-state index in [2.05, 4.69) is 6.92 Å². The summed E-state index contributed by atoms with van der Waals surface area (Å²) >= 11 is 0. The molecule has 0 aliphatic heterocycles. The highest BCUT2D eigenvalue weighted by atomic mass is 16.2. The van der Waals surface area contributed by atoms with E-state index >= 15 is 0 Å². The summed E-state index contributed by atoms with van der Waals surface area (Å²) in [6, 6.07) is 0. The number of ketones is 1. The van der Waals surface area contributed by atoms with Crippen LogP contribution < -0.4 is 0 Å². The van der Waals surface area contributed by atoms with Crippen molar-refractivity contribution in [3.05, 3.63) is 24.3 Å². The van der Waals surface area contributed by atoms with Gasteiger partial charge < -0.3 is 0 Å². The van der Waals surface area contributed by atoms with Crippen molar-refractivity contribution in [3.63, 3.8) is 0 Å². The average molecular weight is 126 g/mol. The van der Waals surface area contributed by atoms with Gasteiger partial charge in [-0.15, -0.1) is 0 Å². The van der Waals surface area contributed by atoms with Gasteiger partial charge in [0.15, 0.2) is 5.78 Å². The average Bonchev–Trinajstić information content (AvgIpc) is 1.80. The molecule has 0 atom stereocenters. The van der Waals surface area contributed by atoms with Gasteiger partial charge in [0.05, 0.1) is 0 Å². The quantitative estimate of drug-likeness (QED) is 0.321. The van der Waals surface area contributed by atoms with Gasteiger partial charge >= 0.3 is 0 Å². The summed E-state index contributed by atoms with van der Waals surface area (Å²) in [5, 5.41) is 0. The number of hydrogen-bond donors (Lipinski definition) is 0. The molecular formula is C8H12O. The van der Waals surface area contributed by atoms with E-state index in [1.54, 1.807) is 12.2 Å². The largest absolute Gasteiger partial charge is 0.295 e. The molecule has 9 heavy (non-hydrogen) atoms. The minimum absolute atomic E-state index is 0.0933. The molecule has 1 nitrogen and oxygen atoms in total. The Morgan fingerprint density at radius 2 is 2.11 bits per heavy atom. The first-order chi connectivity index (χ1) is 4.27. The van der Waals surface area contributed by atoms with Gasteiger partial charge in [0, 0.05) is 0 Å². The fourth-order valence-electron chi connectivity index (χ4n) is 0.406. The maximum Gasteiger partial charge on any atom is 0.152 e. The zero-order valence-corrected chi connectivity index (χ0v) is 5.92. The van der Waals surface area contributed by atoms with Crippen molar-refractivity contribution in [1.29, 1.82) is 0 Å². The summed E-state index contributed by atoms with van der Waals surface area (Å²) < 4.78 is 0. The van der Waals surface area contributed by atoms with Crippen LogP contribution in [0.4, 0.5) is 0 Å². The predicted octanol–water partition coefficient (Wildman–Crippen LogP) is 2.10. The number of carbonyl (C=O) groups excluding carboxylic acids is 1. The van der Waals surface area contributed by atoms with E-state index in [0.717, 1.165) is 6.42 Å². The van der Waals surface area contributed by atoms with Crippen LogP contribution in [0.25, 0.3) is 0 Å². The summed E-state index contributed by atoms with van der Waals surface area (Å²) in [4.78, 5) is 10.3. The lowest BCUT2D eigenvalue weighted by Gasteiger charge is -1.74. The molecule has 0 spiro atoms. The third kappa shape index (κ3) is 7.15. The Hall–Kier alpha value is -0.850.